The summed E-state index contributed by atoms with van der Waals surface area (Å²) in [6.45, 7) is 7.66. The summed E-state index contributed by atoms with van der Waals surface area (Å²) >= 11 is 0. The Kier molecular flexibility index (Phi) is 8.27. The van der Waals surface area contributed by atoms with Gasteiger partial charge in [0, 0.05) is 45.2 Å². The number of nitrogens with zero attached hydrogens (tertiary/aromatic N) is 2. The number of piperazine rings is 1. The first-order chi connectivity index (χ1) is 12.9. The molecule has 7 nitrogen and oxygen atoms in total. The summed E-state index contributed by atoms with van der Waals surface area (Å²) < 4.78 is 32.6. The van der Waals surface area contributed by atoms with Crippen molar-refractivity contribution in [3.63, 3.8) is 0 Å². The fourth-order valence-electron chi connectivity index (χ4n) is 3.44. The summed E-state index contributed by atoms with van der Waals surface area (Å²) in [6, 6.07) is 7.15. The molecule has 1 aromatic rings. The molecule has 0 radical (unpaired) electrons. The molecular weight excluding hydrogens is 402 g/mol. The largest absolute Gasteiger partial charge is 0.378 e. The van der Waals surface area contributed by atoms with E-state index in [4.69, 9.17) is 4.74 Å². The maximum atomic E-state index is 12.9. The van der Waals surface area contributed by atoms with Gasteiger partial charge in [-0.25, -0.2) is 8.42 Å². The van der Waals surface area contributed by atoms with Crippen molar-refractivity contribution >= 4 is 28.3 Å². The minimum absolute atomic E-state index is 0. The predicted molar refractivity (Wildman–Crippen MR) is 110 cm³/mol. The molecule has 0 bridgehead atoms. The van der Waals surface area contributed by atoms with E-state index in [0.29, 0.717) is 56.6 Å². The molecule has 2 aliphatic heterocycles. The van der Waals surface area contributed by atoms with Gasteiger partial charge in [-0.2, -0.15) is 4.31 Å². The van der Waals surface area contributed by atoms with Crippen LogP contribution in [0, 0.1) is 0 Å². The van der Waals surface area contributed by atoms with Crippen LogP contribution in [0.25, 0.3) is 0 Å². The normalized spacial score (nSPS) is 21.4. The van der Waals surface area contributed by atoms with Crippen molar-refractivity contribution in [2.75, 3.05) is 45.9 Å². The zero-order valence-corrected chi connectivity index (χ0v) is 18.1. The maximum Gasteiger partial charge on any atom is 0.243 e. The topological polar surface area (TPSA) is 79.0 Å². The second-order valence-corrected chi connectivity index (χ2v) is 9.38. The third kappa shape index (κ3) is 5.45. The second kappa shape index (κ2) is 10.0. The molecule has 2 aliphatic rings. The number of halogens is 1. The van der Waals surface area contributed by atoms with Crippen molar-refractivity contribution in [1.82, 2.24) is 14.5 Å². The predicted octanol–water partition coefficient (Wildman–Crippen LogP) is 1.44. The summed E-state index contributed by atoms with van der Waals surface area (Å²) in [4.78, 5) is 14.5. The van der Waals surface area contributed by atoms with Gasteiger partial charge in [-0.15, -0.1) is 12.4 Å². The van der Waals surface area contributed by atoms with Gasteiger partial charge in [0.05, 0.1) is 18.1 Å². The lowest BCUT2D eigenvalue weighted by Gasteiger charge is -2.35. The first kappa shape index (κ1) is 23.1. The van der Waals surface area contributed by atoms with Crippen LogP contribution in [0.2, 0.25) is 0 Å². The van der Waals surface area contributed by atoms with Crippen LogP contribution in [-0.2, 0) is 19.6 Å². The molecule has 3 rings (SSSR count). The number of rotatable bonds is 5. The number of benzene rings is 1. The fraction of sp³-hybridized carbons (Fsp3) is 0.632. The molecule has 1 atom stereocenters. The van der Waals surface area contributed by atoms with Crippen molar-refractivity contribution in [3.05, 3.63) is 29.8 Å². The molecule has 2 heterocycles. The van der Waals surface area contributed by atoms with Crippen LogP contribution < -0.4 is 5.32 Å². The molecule has 28 heavy (non-hydrogen) atoms. The summed E-state index contributed by atoms with van der Waals surface area (Å²) in [5.41, 5.74) is 1.12. The number of morpholine rings is 1. The van der Waals surface area contributed by atoms with Crippen LogP contribution in [-0.4, -0.2) is 75.5 Å². The molecule has 1 N–H and O–H groups in total. The summed E-state index contributed by atoms with van der Waals surface area (Å²) in [5, 5.41) is 3.28. The molecular formula is C19H30ClN3O4S. The van der Waals surface area contributed by atoms with Gasteiger partial charge in [-0.3, -0.25) is 4.79 Å². The van der Waals surface area contributed by atoms with Crippen LogP contribution in [0.3, 0.4) is 0 Å². The number of hydrogen-bond donors (Lipinski definition) is 1. The lowest BCUT2D eigenvalue weighted by molar-refractivity contribution is -0.133. The SMILES string of the molecule is CC(C)c1ccc(S(=O)(=O)N2CCN(C(=O)CC3COCCN3)CC2)cc1.Cl. The Morgan fingerprint density at radius 2 is 1.82 bits per heavy atom. The first-order valence-corrected chi connectivity index (χ1v) is 11.0. The Hall–Kier alpha value is -1.19. The summed E-state index contributed by atoms with van der Waals surface area (Å²) in [5.74, 6) is 0.414. The van der Waals surface area contributed by atoms with Gasteiger partial charge in [-0.1, -0.05) is 26.0 Å². The quantitative estimate of drug-likeness (QED) is 0.763. The Morgan fingerprint density at radius 3 is 2.36 bits per heavy atom. The molecule has 0 spiro atoms. The van der Waals surface area contributed by atoms with Crippen molar-refractivity contribution in [2.24, 2.45) is 0 Å². The standard InChI is InChI=1S/C19H29N3O4S.ClH/c1-15(2)16-3-5-18(6-4-16)27(24,25)22-10-8-21(9-11-22)19(23)13-17-14-26-12-7-20-17;/h3-6,15,17,20H,7-14H2,1-2H3;1H. The number of nitrogens with one attached hydrogen (secondary N) is 1. The Morgan fingerprint density at radius 1 is 1.18 bits per heavy atom. The molecule has 9 heteroatoms. The fourth-order valence-corrected chi connectivity index (χ4v) is 4.86. The highest BCUT2D eigenvalue weighted by atomic mass is 35.5. The van der Waals surface area contributed by atoms with E-state index in [-0.39, 0.29) is 24.4 Å². The van der Waals surface area contributed by atoms with Gasteiger partial charge in [0.15, 0.2) is 0 Å². The number of sulfonamides is 1. The van der Waals surface area contributed by atoms with E-state index in [9.17, 15) is 13.2 Å². The number of ether oxygens (including phenoxy) is 1. The maximum absolute atomic E-state index is 12.9. The number of carbonyl (C=O) groups excluding carboxylic acids is 1. The Bertz CT molecular complexity index is 741. The van der Waals surface area contributed by atoms with Gasteiger partial charge in [-0.05, 0) is 23.6 Å². The van der Waals surface area contributed by atoms with Crippen LogP contribution >= 0.6 is 12.4 Å². The van der Waals surface area contributed by atoms with Crippen molar-refractivity contribution in [3.8, 4) is 0 Å². The highest BCUT2D eigenvalue weighted by Crippen LogP contribution is 2.21. The van der Waals surface area contributed by atoms with Gasteiger partial charge in [0.25, 0.3) is 0 Å². The first-order valence-electron chi connectivity index (χ1n) is 9.57. The van der Waals surface area contributed by atoms with E-state index in [1.165, 1.54) is 4.31 Å². The third-order valence-electron chi connectivity index (χ3n) is 5.20. The van der Waals surface area contributed by atoms with Crippen molar-refractivity contribution < 1.29 is 17.9 Å². The van der Waals surface area contributed by atoms with Gasteiger partial charge < -0.3 is 15.0 Å². The molecule has 2 fully saturated rings. The molecule has 1 unspecified atom stereocenters. The Balaban J connectivity index is 0.00000280. The second-order valence-electron chi connectivity index (χ2n) is 7.44. The summed E-state index contributed by atoms with van der Waals surface area (Å²) in [6.07, 6.45) is 0.392. The van der Waals surface area contributed by atoms with E-state index < -0.39 is 10.0 Å². The van der Waals surface area contributed by atoms with Gasteiger partial charge >= 0.3 is 0 Å². The van der Waals surface area contributed by atoms with Crippen LogP contribution in [0.1, 0.15) is 31.7 Å². The molecule has 158 valence electrons. The molecule has 2 saturated heterocycles. The number of carbonyl (C=O) groups is 1. The van der Waals surface area contributed by atoms with E-state index in [0.717, 1.165) is 12.1 Å². The summed E-state index contributed by atoms with van der Waals surface area (Å²) in [7, 11) is -3.52. The molecule has 0 aliphatic carbocycles. The van der Waals surface area contributed by atoms with Gasteiger partial charge in [0.1, 0.15) is 0 Å². The van der Waals surface area contributed by atoms with E-state index in [1.54, 1.807) is 17.0 Å². The number of amides is 1. The van der Waals surface area contributed by atoms with Gasteiger partial charge in [0.2, 0.25) is 15.9 Å². The minimum atomic E-state index is -3.52. The minimum Gasteiger partial charge on any atom is -0.378 e. The lowest BCUT2D eigenvalue weighted by Crippen LogP contribution is -2.52. The average molecular weight is 432 g/mol. The van der Waals surface area contributed by atoms with Crippen LogP contribution in [0.4, 0.5) is 0 Å². The average Bonchev–Trinajstić information content (AvgIpc) is 2.69. The van der Waals surface area contributed by atoms with E-state index >= 15 is 0 Å². The lowest BCUT2D eigenvalue weighted by atomic mass is 10.0. The molecule has 1 aromatic carbocycles. The number of hydrogen-bond acceptors (Lipinski definition) is 5. The van der Waals surface area contributed by atoms with Crippen LogP contribution in [0.15, 0.2) is 29.2 Å². The molecule has 1 amide bonds. The molecule has 0 saturated carbocycles. The zero-order chi connectivity index (χ0) is 19.4. The van der Waals surface area contributed by atoms with Crippen molar-refractivity contribution in [2.45, 2.75) is 37.1 Å². The van der Waals surface area contributed by atoms with E-state index in [2.05, 4.69) is 19.2 Å². The highest BCUT2D eigenvalue weighted by Gasteiger charge is 2.31. The smallest absolute Gasteiger partial charge is 0.243 e. The molecule has 0 aromatic heterocycles. The monoisotopic (exact) mass is 431 g/mol. The highest BCUT2D eigenvalue weighted by molar-refractivity contribution is 7.89. The van der Waals surface area contributed by atoms with E-state index in [1.807, 2.05) is 12.1 Å². The zero-order valence-electron chi connectivity index (χ0n) is 16.5. The van der Waals surface area contributed by atoms with Crippen molar-refractivity contribution in [1.29, 1.82) is 0 Å². The van der Waals surface area contributed by atoms with Crippen LogP contribution in [0.5, 0.6) is 0 Å². The third-order valence-corrected chi connectivity index (χ3v) is 7.11. The Labute approximate surface area is 173 Å².